The van der Waals surface area contributed by atoms with Crippen molar-refractivity contribution in [2.24, 2.45) is 0 Å². The first kappa shape index (κ1) is 14.7. The zero-order chi connectivity index (χ0) is 14.0. The lowest BCUT2D eigenvalue weighted by Crippen LogP contribution is -2.55. The van der Waals surface area contributed by atoms with Gasteiger partial charge in [0.1, 0.15) is 0 Å². The summed E-state index contributed by atoms with van der Waals surface area (Å²) in [7, 11) is -3.58. The van der Waals surface area contributed by atoms with Gasteiger partial charge in [0, 0.05) is 19.1 Å². The molecule has 7 nitrogen and oxygen atoms in total. The number of nitrogens with zero attached hydrogens (tertiary/aromatic N) is 2. The van der Waals surface area contributed by atoms with Crippen LogP contribution in [0.1, 0.15) is 26.2 Å². The SMILES string of the molecule is CC1CCCCN1S(=O)(=O)N1CCOC(C(=O)O)C1. The number of hydrogen-bond acceptors (Lipinski definition) is 4. The number of rotatable bonds is 3. The molecule has 0 aliphatic carbocycles. The molecule has 0 amide bonds. The molecule has 0 spiro atoms. The van der Waals surface area contributed by atoms with Gasteiger partial charge in [-0.1, -0.05) is 6.42 Å². The maximum absolute atomic E-state index is 12.5. The predicted octanol–water partition coefficient (Wildman–Crippen LogP) is -0.109. The van der Waals surface area contributed by atoms with E-state index in [1.54, 1.807) is 0 Å². The van der Waals surface area contributed by atoms with Crippen LogP contribution in [-0.2, 0) is 19.7 Å². The summed E-state index contributed by atoms with van der Waals surface area (Å²) in [6.07, 6.45) is 1.68. The maximum atomic E-state index is 12.5. The minimum absolute atomic E-state index is 0.0233. The number of morpholine rings is 1. The Morgan fingerprint density at radius 1 is 1.32 bits per heavy atom. The van der Waals surface area contributed by atoms with Gasteiger partial charge in [0.05, 0.1) is 13.2 Å². The topological polar surface area (TPSA) is 87.2 Å². The third-order valence-corrected chi connectivity index (χ3v) is 5.79. The molecule has 2 heterocycles. The Morgan fingerprint density at radius 3 is 2.68 bits per heavy atom. The van der Waals surface area contributed by atoms with Crippen LogP contribution in [0.2, 0.25) is 0 Å². The van der Waals surface area contributed by atoms with E-state index in [9.17, 15) is 13.2 Å². The molecule has 0 aromatic rings. The van der Waals surface area contributed by atoms with E-state index < -0.39 is 22.3 Å². The van der Waals surface area contributed by atoms with Gasteiger partial charge in [0.15, 0.2) is 6.10 Å². The Morgan fingerprint density at radius 2 is 2.05 bits per heavy atom. The summed E-state index contributed by atoms with van der Waals surface area (Å²) >= 11 is 0. The minimum Gasteiger partial charge on any atom is -0.479 e. The average Bonchev–Trinajstić information content (AvgIpc) is 2.39. The van der Waals surface area contributed by atoms with Crippen molar-refractivity contribution in [1.29, 1.82) is 0 Å². The van der Waals surface area contributed by atoms with Gasteiger partial charge in [0.25, 0.3) is 10.2 Å². The van der Waals surface area contributed by atoms with Gasteiger partial charge in [-0.2, -0.15) is 17.0 Å². The summed E-state index contributed by atoms with van der Waals surface area (Å²) in [4.78, 5) is 10.9. The van der Waals surface area contributed by atoms with E-state index in [2.05, 4.69) is 0 Å². The summed E-state index contributed by atoms with van der Waals surface area (Å²) in [5.74, 6) is -1.12. The maximum Gasteiger partial charge on any atom is 0.334 e. The number of hydrogen-bond donors (Lipinski definition) is 1. The van der Waals surface area contributed by atoms with Crippen molar-refractivity contribution in [3.8, 4) is 0 Å². The van der Waals surface area contributed by atoms with Crippen LogP contribution in [0.5, 0.6) is 0 Å². The van der Waals surface area contributed by atoms with E-state index in [-0.39, 0.29) is 25.7 Å². The Kier molecular flexibility index (Phi) is 4.44. The van der Waals surface area contributed by atoms with Crippen molar-refractivity contribution in [3.63, 3.8) is 0 Å². The summed E-state index contributed by atoms with van der Waals surface area (Å²) in [5.41, 5.74) is 0. The Labute approximate surface area is 113 Å². The van der Waals surface area contributed by atoms with Gasteiger partial charge < -0.3 is 9.84 Å². The number of ether oxygens (including phenoxy) is 1. The molecule has 2 aliphatic rings. The molecule has 2 atom stereocenters. The summed E-state index contributed by atoms with van der Waals surface area (Å²) in [6, 6.07) is -0.0233. The molecule has 2 rings (SSSR count). The predicted molar refractivity (Wildman–Crippen MR) is 67.9 cm³/mol. The third kappa shape index (κ3) is 3.07. The summed E-state index contributed by atoms with van der Waals surface area (Å²) in [5, 5.41) is 8.92. The standard InChI is InChI=1S/C11H20N2O5S/c1-9-4-2-3-5-13(9)19(16,17)12-6-7-18-10(8-12)11(14)15/h9-10H,2-8H2,1H3,(H,14,15). The highest BCUT2D eigenvalue weighted by atomic mass is 32.2. The third-order valence-electron chi connectivity index (χ3n) is 3.67. The van der Waals surface area contributed by atoms with Crippen molar-refractivity contribution in [2.45, 2.75) is 38.3 Å². The molecule has 2 unspecified atom stereocenters. The Hall–Kier alpha value is -0.700. The second-order valence-corrected chi connectivity index (χ2v) is 6.90. The first-order valence-electron chi connectivity index (χ1n) is 6.54. The summed E-state index contributed by atoms with van der Waals surface area (Å²) < 4.78 is 32.8. The van der Waals surface area contributed by atoms with Crippen LogP contribution in [0.4, 0.5) is 0 Å². The molecule has 1 N–H and O–H groups in total. The molecule has 0 aromatic heterocycles. The number of carboxylic acids is 1. The molecule has 0 saturated carbocycles. The van der Waals surface area contributed by atoms with Crippen molar-refractivity contribution in [3.05, 3.63) is 0 Å². The first-order chi connectivity index (χ1) is 8.93. The molecule has 19 heavy (non-hydrogen) atoms. The number of aliphatic carboxylic acids is 1. The molecular weight excluding hydrogens is 272 g/mol. The van der Waals surface area contributed by atoms with E-state index in [0.717, 1.165) is 19.3 Å². The van der Waals surface area contributed by atoms with Crippen LogP contribution in [0, 0.1) is 0 Å². The molecule has 0 bridgehead atoms. The molecule has 0 aromatic carbocycles. The van der Waals surface area contributed by atoms with Gasteiger partial charge in [-0.3, -0.25) is 0 Å². The normalized spacial score (nSPS) is 31.2. The Bertz CT molecular complexity index is 438. The van der Waals surface area contributed by atoms with Crippen molar-refractivity contribution >= 4 is 16.2 Å². The first-order valence-corrected chi connectivity index (χ1v) is 7.94. The largest absolute Gasteiger partial charge is 0.479 e. The lowest BCUT2D eigenvalue weighted by atomic mass is 10.1. The molecule has 8 heteroatoms. The highest BCUT2D eigenvalue weighted by Crippen LogP contribution is 2.23. The summed E-state index contributed by atoms with van der Waals surface area (Å²) in [6.45, 7) is 2.64. The molecule has 2 saturated heterocycles. The van der Waals surface area contributed by atoms with Gasteiger partial charge in [0.2, 0.25) is 0 Å². The number of carbonyl (C=O) groups is 1. The van der Waals surface area contributed by atoms with Crippen molar-refractivity contribution in [1.82, 2.24) is 8.61 Å². The van der Waals surface area contributed by atoms with E-state index in [1.165, 1.54) is 8.61 Å². The van der Waals surface area contributed by atoms with Gasteiger partial charge in [-0.15, -0.1) is 0 Å². The number of piperidine rings is 1. The molecule has 2 fully saturated rings. The fourth-order valence-electron chi connectivity index (χ4n) is 2.55. The van der Waals surface area contributed by atoms with Crippen LogP contribution < -0.4 is 0 Å². The highest BCUT2D eigenvalue weighted by Gasteiger charge is 2.38. The number of carboxylic acid groups (broad SMARTS) is 1. The van der Waals surface area contributed by atoms with Crippen LogP contribution in [0.3, 0.4) is 0 Å². The molecule has 2 aliphatic heterocycles. The zero-order valence-corrected chi connectivity index (χ0v) is 11.8. The van der Waals surface area contributed by atoms with E-state index in [4.69, 9.17) is 9.84 Å². The van der Waals surface area contributed by atoms with Crippen LogP contribution in [0.15, 0.2) is 0 Å². The van der Waals surface area contributed by atoms with E-state index in [1.807, 2.05) is 6.92 Å². The fourth-order valence-corrected chi connectivity index (χ4v) is 4.39. The van der Waals surface area contributed by atoms with Crippen LogP contribution in [-0.4, -0.2) is 66.5 Å². The average molecular weight is 292 g/mol. The monoisotopic (exact) mass is 292 g/mol. The second kappa shape index (κ2) is 5.74. The molecule has 0 radical (unpaired) electrons. The quantitative estimate of drug-likeness (QED) is 0.784. The van der Waals surface area contributed by atoms with Crippen molar-refractivity contribution in [2.75, 3.05) is 26.2 Å². The van der Waals surface area contributed by atoms with Gasteiger partial charge in [-0.05, 0) is 19.8 Å². The van der Waals surface area contributed by atoms with E-state index >= 15 is 0 Å². The fraction of sp³-hybridized carbons (Fsp3) is 0.909. The van der Waals surface area contributed by atoms with Crippen LogP contribution in [0.25, 0.3) is 0 Å². The molecular formula is C11H20N2O5S. The minimum atomic E-state index is -3.58. The molecule has 110 valence electrons. The smallest absolute Gasteiger partial charge is 0.334 e. The van der Waals surface area contributed by atoms with Crippen molar-refractivity contribution < 1.29 is 23.1 Å². The lowest BCUT2D eigenvalue weighted by molar-refractivity contribution is -0.153. The van der Waals surface area contributed by atoms with Crippen LogP contribution >= 0.6 is 0 Å². The highest BCUT2D eigenvalue weighted by molar-refractivity contribution is 7.86. The lowest BCUT2D eigenvalue weighted by Gasteiger charge is -2.38. The van der Waals surface area contributed by atoms with Gasteiger partial charge >= 0.3 is 5.97 Å². The zero-order valence-electron chi connectivity index (χ0n) is 11.0. The Balaban J connectivity index is 2.12. The second-order valence-electron chi connectivity index (χ2n) is 5.02. The van der Waals surface area contributed by atoms with E-state index in [0.29, 0.717) is 6.54 Å². The van der Waals surface area contributed by atoms with Gasteiger partial charge in [-0.25, -0.2) is 4.79 Å².